The zero-order chi connectivity index (χ0) is 16.6. The minimum Gasteiger partial charge on any atom is -0.444 e. The van der Waals surface area contributed by atoms with Gasteiger partial charge >= 0.3 is 6.09 Å². The lowest BCUT2D eigenvalue weighted by Crippen LogP contribution is -2.39. The van der Waals surface area contributed by atoms with Crippen LogP contribution in [0.1, 0.15) is 56.8 Å². The minimum atomic E-state index is -0.433. The van der Waals surface area contributed by atoms with E-state index in [1.807, 2.05) is 32.6 Å². The summed E-state index contributed by atoms with van der Waals surface area (Å²) in [7, 11) is 0. The quantitative estimate of drug-likeness (QED) is 0.913. The fourth-order valence-electron chi connectivity index (χ4n) is 3.00. The number of hydrogen-bond acceptors (Lipinski definition) is 5. The van der Waals surface area contributed by atoms with Gasteiger partial charge in [0.15, 0.2) is 0 Å². The van der Waals surface area contributed by atoms with Gasteiger partial charge in [0.2, 0.25) is 0 Å². The third-order valence-corrected chi connectivity index (χ3v) is 5.30. The highest BCUT2D eigenvalue weighted by Crippen LogP contribution is 2.42. The van der Waals surface area contributed by atoms with E-state index in [0.29, 0.717) is 18.0 Å². The molecule has 1 aliphatic heterocycles. The first-order chi connectivity index (χ1) is 10.8. The maximum absolute atomic E-state index is 12.2. The Bertz CT molecular complexity index is 562. The van der Waals surface area contributed by atoms with Gasteiger partial charge in [0.25, 0.3) is 0 Å². The SMILES string of the molecule is Cc1csc(C(NC2CCN(C(=O)OC(C)(C)C)C2)C2CC2)n1. The van der Waals surface area contributed by atoms with Crippen molar-refractivity contribution in [2.75, 3.05) is 13.1 Å². The van der Waals surface area contributed by atoms with Crippen molar-refractivity contribution in [1.29, 1.82) is 0 Å². The second-order valence-corrected chi connectivity index (χ2v) is 8.61. The highest BCUT2D eigenvalue weighted by Gasteiger charge is 2.37. The van der Waals surface area contributed by atoms with Crippen molar-refractivity contribution in [3.8, 4) is 0 Å². The van der Waals surface area contributed by atoms with Gasteiger partial charge in [-0.2, -0.15) is 0 Å². The molecule has 2 fully saturated rings. The van der Waals surface area contributed by atoms with Crippen LogP contribution in [-0.4, -0.2) is 40.7 Å². The third-order valence-electron chi connectivity index (χ3n) is 4.25. The number of carbonyl (C=O) groups excluding carboxylic acids is 1. The molecule has 2 atom stereocenters. The van der Waals surface area contributed by atoms with Crippen LogP contribution in [0.15, 0.2) is 5.38 Å². The molecule has 3 rings (SSSR count). The first kappa shape index (κ1) is 16.7. The molecule has 0 bridgehead atoms. The molecule has 1 saturated carbocycles. The van der Waals surface area contributed by atoms with Gasteiger partial charge in [-0.05, 0) is 52.9 Å². The zero-order valence-corrected chi connectivity index (χ0v) is 15.3. The first-order valence-corrected chi connectivity index (χ1v) is 9.36. The number of carbonyl (C=O) groups is 1. The minimum absolute atomic E-state index is 0.199. The normalized spacial score (nSPS) is 23.1. The van der Waals surface area contributed by atoms with Crippen LogP contribution in [0.5, 0.6) is 0 Å². The Balaban J connectivity index is 1.57. The molecule has 1 saturated heterocycles. The maximum Gasteiger partial charge on any atom is 0.410 e. The van der Waals surface area contributed by atoms with E-state index in [4.69, 9.17) is 4.74 Å². The van der Waals surface area contributed by atoms with E-state index in [9.17, 15) is 4.79 Å². The number of nitrogens with zero attached hydrogens (tertiary/aromatic N) is 2. The maximum atomic E-state index is 12.2. The lowest BCUT2D eigenvalue weighted by Gasteiger charge is -2.25. The predicted octanol–water partition coefficient (Wildman–Crippen LogP) is 3.50. The summed E-state index contributed by atoms with van der Waals surface area (Å²) < 4.78 is 5.47. The molecule has 1 aromatic heterocycles. The molecule has 1 N–H and O–H groups in total. The van der Waals surface area contributed by atoms with Crippen molar-refractivity contribution in [3.05, 3.63) is 16.1 Å². The van der Waals surface area contributed by atoms with Gasteiger partial charge in [-0.25, -0.2) is 9.78 Å². The number of thiazole rings is 1. The number of amides is 1. The van der Waals surface area contributed by atoms with E-state index < -0.39 is 5.60 Å². The van der Waals surface area contributed by atoms with E-state index in [1.165, 1.54) is 17.8 Å². The molecule has 5 nitrogen and oxygen atoms in total. The van der Waals surface area contributed by atoms with Crippen LogP contribution in [0, 0.1) is 12.8 Å². The molecule has 1 aromatic rings. The van der Waals surface area contributed by atoms with E-state index >= 15 is 0 Å². The van der Waals surface area contributed by atoms with Crippen molar-refractivity contribution in [2.24, 2.45) is 5.92 Å². The number of aromatic nitrogens is 1. The fraction of sp³-hybridized carbons (Fsp3) is 0.765. The summed E-state index contributed by atoms with van der Waals surface area (Å²) in [6.45, 7) is 9.26. The number of ether oxygens (including phenoxy) is 1. The van der Waals surface area contributed by atoms with Crippen LogP contribution in [0.25, 0.3) is 0 Å². The summed E-state index contributed by atoms with van der Waals surface area (Å²) >= 11 is 1.75. The van der Waals surface area contributed by atoms with E-state index in [1.54, 1.807) is 11.3 Å². The molecule has 1 amide bonds. The summed E-state index contributed by atoms with van der Waals surface area (Å²) in [4.78, 5) is 18.7. The monoisotopic (exact) mass is 337 g/mol. The molecule has 23 heavy (non-hydrogen) atoms. The summed E-state index contributed by atoms with van der Waals surface area (Å²) in [6, 6.07) is 0.676. The van der Waals surface area contributed by atoms with Crippen LogP contribution in [0.4, 0.5) is 4.79 Å². The largest absolute Gasteiger partial charge is 0.444 e. The Morgan fingerprint density at radius 2 is 2.17 bits per heavy atom. The van der Waals surface area contributed by atoms with Crippen molar-refractivity contribution in [3.63, 3.8) is 0 Å². The molecule has 0 radical (unpaired) electrons. The second-order valence-electron chi connectivity index (χ2n) is 7.72. The van der Waals surface area contributed by atoms with Crippen LogP contribution in [0.3, 0.4) is 0 Å². The topological polar surface area (TPSA) is 54.5 Å². The third kappa shape index (κ3) is 4.44. The molecule has 2 unspecified atom stereocenters. The molecule has 2 heterocycles. The van der Waals surface area contributed by atoms with Crippen LogP contribution in [-0.2, 0) is 4.74 Å². The molecule has 0 aromatic carbocycles. The van der Waals surface area contributed by atoms with Gasteiger partial charge < -0.3 is 15.0 Å². The Morgan fingerprint density at radius 1 is 1.43 bits per heavy atom. The van der Waals surface area contributed by atoms with Gasteiger partial charge in [0, 0.05) is 30.2 Å². The van der Waals surface area contributed by atoms with Gasteiger partial charge in [-0.3, -0.25) is 0 Å². The van der Waals surface area contributed by atoms with Crippen molar-refractivity contribution in [1.82, 2.24) is 15.2 Å². The van der Waals surface area contributed by atoms with Gasteiger partial charge in [0.05, 0.1) is 6.04 Å². The smallest absolute Gasteiger partial charge is 0.410 e. The van der Waals surface area contributed by atoms with Crippen molar-refractivity contribution < 1.29 is 9.53 Å². The summed E-state index contributed by atoms with van der Waals surface area (Å²) in [6.07, 6.45) is 3.33. The highest BCUT2D eigenvalue weighted by molar-refractivity contribution is 7.09. The lowest BCUT2D eigenvalue weighted by molar-refractivity contribution is 0.0290. The van der Waals surface area contributed by atoms with E-state index in [-0.39, 0.29) is 6.09 Å². The Kier molecular flexibility index (Phi) is 4.65. The van der Waals surface area contributed by atoms with Gasteiger partial charge in [0.1, 0.15) is 10.6 Å². The second kappa shape index (κ2) is 6.40. The van der Waals surface area contributed by atoms with Gasteiger partial charge in [-0.1, -0.05) is 0 Å². The Morgan fingerprint density at radius 3 is 2.74 bits per heavy atom. The van der Waals surface area contributed by atoms with E-state index in [0.717, 1.165) is 25.2 Å². The van der Waals surface area contributed by atoms with Crippen molar-refractivity contribution in [2.45, 2.75) is 64.6 Å². The zero-order valence-electron chi connectivity index (χ0n) is 14.5. The average Bonchev–Trinajstić information content (AvgIpc) is 3.01. The highest BCUT2D eigenvalue weighted by atomic mass is 32.1. The molecule has 6 heteroatoms. The van der Waals surface area contributed by atoms with Crippen LogP contribution < -0.4 is 5.32 Å². The number of rotatable bonds is 4. The number of nitrogens with one attached hydrogen (secondary N) is 1. The number of likely N-dealkylation sites (tertiary alicyclic amines) is 1. The summed E-state index contributed by atoms with van der Waals surface area (Å²) in [5, 5.41) is 7.07. The molecular formula is C17H27N3O2S. The van der Waals surface area contributed by atoms with Crippen molar-refractivity contribution >= 4 is 17.4 Å². The lowest BCUT2D eigenvalue weighted by atomic mass is 10.1. The summed E-state index contributed by atoms with van der Waals surface area (Å²) in [5.74, 6) is 0.705. The Hall–Kier alpha value is -1.14. The number of hydrogen-bond donors (Lipinski definition) is 1. The molecule has 128 valence electrons. The predicted molar refractivity (Wildman–Crippen MR) is 91.7 cm³/mol. The number of aryl methyl sites for hydroxylation is 1. The van der Waals surface area contributed by atoms with Gasteiger partial charge in [-0.15, -0.1) is 11.3 Å². The molecule has 0 spiro atoms. The molecule has 2 aliphatic rings. The Labute approximate surface area is 142 Å². The van der Waals surface area contributed by atoms with Crippen LogP contribution >= 0.6 is 11.3 Å². The fourth-order valence-corrected chi connectivity index (χ4v) is 3.94. The molecular weight excluding hydrogens is 310 g/mol. The molecule has 1 aliphatic carbocycles. The van der Waals surface area contributed by atoms with E-state index in [2.05, 4.69) is 15.7 Å². The summed E-state index contributed by atoms with van der Waals surface area (Å²) in [5.41, 5.74) is 0.664. The average molecular weight is 337 g/mol. The van der Waals surface area contributed by atoms with Crippen LogP contribution in [0.2, 0.25) is 0 Å². The standard InChI is InChI=1S/C17H27N3O2S/c1-11-10-23-15(18-11)14(12-5-6-12)19-13-7-8-20(9-13)16(21)22-17(2,3)4/h10,12-14,19H,5-9H2,1-4H3. The first-order valence-electron chi connectivity index (χ1n) is 8.48.